The minimum atomic E-state index is 0.105. The molecule has 4 rings (SSSR count). The van der Waals surface area contributed by atoms with E-state index in [4.69, 9.17) is 4.74 Å². The van der Waals surface area contributed by atoms with Gasteiger partial charge in [0.2, 0.25) is 5.91 Å². The number of nitrogens with zero attached hydrogens (tertiary/aromatic N) is 3. The third kappa shape index (κ3) is 3.56. The second kappa shape index (κ2) is 6.57. The molecule has 0 spiro atoms. The van der Waals surface area contributed by atoms with Crippen LogP contribution in [0.1, 0.15) is 24.8 Å². The van der Waals surface area contributed by atoms with Crippen molar-refractivity contribution in [3.63, 3.8) is 0 Å². The van der Waals surface area contributed by atoms with Crippen LogP contribution in [-0.2, 0) is 16.1 Å². The van der Waals surface area contributed by atoms with Gasteiger partial charge in [0.15, 0.2) is 0 Å². The summed E-state index contributed by atoms with van der Waals surface area (Å²) in [5.41, 5.74) is 1.31. The number of amides is 1. The molecular formula is C18H25N3O2. The maximum absolute atomic E-state index is 12.4. The van der Waals surface area contributed by atoms with Gasteiger partial charge in [-0.25, -0.2) is 0 Å². The van der Waals surface area contributed by atoms with Gasteiger partial charge in [0, 0.05) is 51.2 Å². The monoisotopic (exact) mass is 315 g/mol. The topological polar surface area (TPSA) is 45.7 Å². The number of aromatic nitrogens is 1. The number of likely N-dealkylation sites (tertiary alicyclic amines) is 1. The summed E-state index contributed by atoms with van der Waals surface area (Å²) in [4.78, 5) is 21.1. The minimum Gasteiger partial charge on any atom is -0.381 e. The molecular weight excluding hydrogens is 290 g/mol. The summed E-state index contributed by atoms with van der Waals surface area (Å²) >= 11 is 0. The van der Waals surface area contributed by atoms with Crippen molar-refractivity contribution < 1.29 is 9.53 Å². The first-order valence-corrected chi connectivity index (χ1v) is 8.79. The van der Waals surface area contributed by atoms with Crippen LogP contribution in [0, 0.1) is 11.8 Å². The Morgan fingerprint density at radius 3 is 2.70 bits per heavy atom. The third-order valence-electron chi connectivity index (χ3n) is 5.29. The first-order valence-electron chi connectivity index (χ1n) is 8.79. The second-order valence-corrected chi connectivity index (χ2v) is 7.19. The molecule has 2 saturated heterocycles. The molecule has 0 bridgehead atoms. The molecule has 5 nitrogen and oxygen atoms in total. The molecule has 0 N–H and O–H groups in total. The van der Waals surface area contributed by atoms with Crippen molar-refractivity contribution in [1.29, 1.82) is 0 Å². The van der Waals surface area contributed by atoms with Gasteiger partial charge in [-0.1, -0.05) is 0 Å². The maximum Gasteiger partial charge on any atom is 0.228 e. The molecule has 124 valence electrons. The summed E-state index contributed by atoms with van der Waals surface area (Å²) in [6, 6.07) is 4.70. The van der Waals surface area contributed by atoms with E-state index in [-0.39, 0.29) is 5.92 Å². The third-order valence-corrected chi connectivity index (χ3v) is 5.29. The Morgan fingerprint density at radius 1 is 1.26 bits per heavy atom. The highest BCUT2D eigenvalue weighted by molar-refractivity contribution is 5.80. The van der Waals surface area contributed by atoms with Crippen LogP contribution in [0.5, 0.6) is 0 Å². The van der Waals surface area contributed by atoms with E-state index in [1.54, 1.807) is 0 Å². The Bertz CT molecular complexity index is 534. The zero-order chi connectivity index (χ0) is 15.6. The fraction of sp³-hybridized carbons (Fsp3) is 0.667. The van der Waals surface area contributed by atoms with Gasteiger partial charge in [0.05, 0.1) is 12.5 Å². The summed E-state index contributed by atoms with van der Waals surface area (Å²) < 4.78 is 5.35. The van der Waals surface area contributed by atoms with E-state index in [2.05, 4.69) is 22.0 Å². The van der Waals surface area contributed by atoms with Crippen LogP contribution in [0.4, 0.5) is 0 Å². The SMILES string of the molecule is O=C(C1CCOC1)N1CC(N(Cc2ccncc2)CC2CC2)C1. The Morgan fingerprint density at radius 2 is 2.04 bits per heavy atom. The lowest BCUT2D eigenvalue weighted by molar-refractivity contribution is -0.143. The van der Waals surface area contributed by atoms with Gasteiger partial charge < -0.3 is 9.64 Å². The predicted molar refractivity (Wildman–Crippen MR) is 86.7 cm³/mol. The predicted octanol–water partition coefficient (Wildman–Crippen LogP) is 1.54. The molecule has 3 fully saturated rings. The van der Waals surface area contributed by atoms with Crippen LogP contribution in [-0.4, -0.2) is 59.6 Å². The van der Waals surface area contributed by atoms with Crippen molar-refractivity contribution in [1.82, 2.24) is 14.8 Å². The number of hydrogen-bond acceptors (Lipinski definition) is 4. The highest BCUT2D eigenvalue weighted by Gasteiger charge is 2.39. The lowest BCUT2D eigenvalue weighted by Crippen LogP contribution is -2.62. The molecule has 1 unspecified atom stereocenters. The molecule has 5 heteroatoms. The second-order valence-electron chi connectivity index (χ2n) is 7.19. The molecule has 1 aromatic rings. The van der Waals surface area contributed by atoms with E-state index < -0.39 is 0 Å². The molecule has 3 aliphatic rings. The van der Waals surface area contributed by atoms with Gasteiger partial charge in [-0.15, -0.1) is 0 Å². The van der Waals surface area contributed by atoms with E-state index in [0.717, 1.165) is 38.6 Å². The number of pyridine rings is 1. The first-order chi connectivity index (χ1) is 11.3. The molecule has 3 heterocycles. The number of carbonyl (C=O) groups is 1. The van der Waals surface area contributed by atoms with E-state index in [9.17, 15) is 4.79 Å². The van der Waals surface area contributed by atoms with E-state index in [1.165, 1.54) is 24.9 Å². The largest absolute Gasteiger partial charge is 0.381 e. The fourth-order valence-electron chi connectivity index (χ4n) is 3.55. The molecule has 1 atom stereocenters. The molecule has 23 heavy (non-hydrogen) atoms. The lowest BCUT2D eigenvalue weighted by atomic mass is 10.0. The van der Waals surface area contributed by atoms with Crippen molar-refractivity contribution in [3.05, 3.63) is 30.1 Å². The van der Waals surface area contributed by atoms with Crippen LogP contribution in [0.15, 0.2) is 24.5 Å². The summed E-state index contributed by atoms with van der Waals surface area (Å²) in [6.07, 6.45) is 7.34. The van der Waals surface area contributed by atoms with Crippen LogP contribution in [0.2, 0.25) is 0 Å². The van der Waals surface area contributed by atoms with Crippen molar-refractivity contribution in [2.45, 2.75) is 31.8 Å². The lowest BCUT2D eigenvalue weighted by Gasteiger charge is -2.46. The summed E-state index contributed by atoms with van der Waals surface area (Å²) in [7, 11) is 0. The number of carbonyl (C=O) groups excluding carboxylic acids is 1. The average Bonchev–Trinajstić information content (AvgIpc) is 3.16. The smallest absolute Gasteiger partial charge is 0.228 e. The normalized spacial score (nSPS) is 24.9. The molecule has 1 saturated carbocycles. The highest BCUT2D eigenvalue weighted by Crippen LogP contribution is 2.32. The standard InChI is InChI=1S/C18H25N3O2/c22-18(16-5-8-23-13-16)21-11-17(12-21)20(9-14-1-2-14)10-15-3-6-19-7-4-15/h3-4,6-7,14,16-17H,1-2,5,8-13H2. The zero-order valence-electron chi connectivity index (χ0n) is 13.6. The summed E-state index contributed by atoms with van der Waals surface area (Å²) in [5.74, 6) is 1.27. The molecule has 1 aliphatic carbocycles. The van der Waals surface area contributed by atoms with E-state index >= 15 is 0 Å². The van der Waals surface area contributed by atoms with E-state index in [1.807, 2.05) is 17.3 Å². The van der Waals surface area contributed by atoms with Gasteiger partial charge in [-0.2, -0.15) is 0 Å². The summed E-state index contributed by atoms with van der Waals surface area (Å²) in [5, 5.41) is 0. The zero-order valence-corrected chi connectivity index (χ0v) is 13.6. The van der Waals surface area contributed by atoms with Gasteiger partial charge in [0.1, 0.15) is 0 Å². The van der Waals surface area contributed by atoms with Crippen molar-refractivity contribution in [3.8, 4) is 0 Å². The first kappa shape index (κ1) is 15.1. The van der Waals surface area contributed by atoms with Crippen LogP contribution >= 0.6 is 0 Å². The Hall–Kier alpha value is -1.46. The Labute approximate surface area is 137 Å². The maximum atomic E-state index is 12.4. The minimum absolute atomic E-state index is 0.105. The van der Waals surface area contributed by atoms with Crippen molar-refractivity contribution in [2.75, 3.05) is 32.8 Å². The quantitative estimate of drug-likeness (QED) is 0.799. The van der Waals surface area contributed by atoms with Gasteiger partial charge in [-0.05, 0) is 42.9 Å². The Kier molecular flexibility index (Phi) is 4.31. The average molecular weight is 315 g/mol. The van der Waals surface area contributed by atoms with Crippen LogP contribution in [0.3, 0.4) is 0 Å². The molecule has 1 amide bonds. The Balaban J connectivity index is 1.33. The number of hydrogen-bond donors (Lipinski definition) is 0. The van der Waals surface area contributed by atoms with Crippen LogP contribution < -0.4 is 0 Å². The number of rotatable bonds is 6. The summed E-state index contributed by atoms with van der Waals surface area (Å²) in [6.45, 7) is 5.26. The molecule has 0 aromatic carbocycles. The van der Waals surface area contributed by atoms with Gasteiger partial charge >= 0.3 is 0 Å². The van der Waals surface area contributed by atoms with Crippen LogP contribution in [0.25, 0.3) is 0 Å². The molecule has 1 aromatic heterocycles. The number of ether oxygens (including phenoxy) is 1. The molecule has 0 radical (unpaired) electrons. The molecule has 2 aliphatic heterocycles. The van der Waals surface area contributed by atoms with Crippen molar-refractivity contribution in [2.24, 2.45) is 11.8 Å². The highest BCUT2D eigenvalue weighted by atomic mass is 16.5. The van der Waals surface area contributed by atoms with Crippen molar-refractivity contribution >= 4 is 5.91 Å². The van der Waals surface area contributed by atoms with Gasteiger partial charge in [0.25, 0.3) is 0 Å². The fourth-order valence-corrected chi connectivity index (χ4v) is 3.55. The van der Waals surface area contributed by atoms with Gasteiger partial charge in [-0.3, -0.25) is 14.7 Å². The van der Waals surface area contributed by atoms with E-state index in [0.29, 0.717) is 18.6 Å².